The fourth-order valence-electron chi connectivity index (χ4n) is 4.38. The predicted molar refractivity (Wildman–Crippen MR) is 141 cm³/mol. The van der Waals surface area contributed by atoms with Gasteiger partial charge in [-0.25, -0.2) is 4.98 Å². The van der Waals surface area contributed by atoms with Crippen molar-refractivity contribution in [2.45, 2.75) is 65.3 Å². The molecule has 0 saturated heterocycles. The van der Waals surface area contributed by atoms with Crippen LogP contribution in [0.3, 0.4) is 0 Å². The van der Waals surface area contributed by atoms with Crippen molar-refractivity contribution in [1.82, 2.24) is 19.8 Å². The molecule has 0 radical (unpaired) electrons. The molecule has 0 spiro atoms. The number of hydrogen-bond acceptors (Lipinski definition) is 5. The highest BCUT2D eigenvalue weighted by Gasteiger charge is 2.20. The highest BCUT2D eigenvalue weighted by molar-refractivity contribution is 6.00. The molecule has 0 bridgehead atoms. The van der Waals surface area contributed by atoms with Gasteiger partial charge in [0.1, 0.15) is 5.82 Å². The predicted octanol–water partition coefficient (Wildman–Crippen LogP) is 5.28. The maximum absolute atomic E-state index is 13.3. The number of amides is 1. The van der Waals surface area contributed by atoms with Gasteiger partial charge in [-0.05, 0) is 57.5 Å². The van der Waals surface area contributed by atoms with Crippen molar-refractivity contribution in [3.8, 4) is 0 Å². The van der Waals surface area contributed by atoms with Gasteiger partial charge >= 0.3 is 0 Å². The largest absolute Gasteiger partial charge is 0.347 e. The van der Waals surface area contributed by atoms with Crippen molar-refractivity contribution in [2.75, 3.05) is 26.2 Å². The van der Waals surface area contributed by atoms with E-state index >= 15 is 0 Å². The third kappa shape index (κ3) is 8.58. The lowest BCUT2D eigenvalue weighted by Gasteiger charge is -2.22. The molecular weight excluding hydrogens is 438 g/mol. The maximum Gasteiger partial charge on any atom is 0.254 e. The summed E-state index contributed by atoms with van der Waals surface area (Å²) in [5.74, 6) is 0.768. The van der Waals surface area contributed by atoms with Crippen LogP contribution in [0, 0.1) is 0 Å². The summed E-state index contributed by atoms with van der Waals surface area (Å²) in [4.78, 5) is 41.8. The van der Waals surface area contributed by atoms with Gasteiger partial charge in [-0.15, -0.1) is 0 Å². The van der Waals surface area contributed by atoms with Crippen LogP contribution in [0.2, 0.25) is 0 Å². The summed E-state index contributed by atoms with van der Waals surface area (Å²) >= 11 is 0. The van der Waals surface area contributed by atoms with Gasteiger partial charge < -0.3 is 14.8 Å². The second-order valence-corrected chi connectivity index (χ2v) is 9.13. The van der Waals surface area contributed by atoms with Crippen LogP contribution < -0.4 is 0 Å². The third-order valence-corrected chi connectivity index (χ3v) is 6.18. The number of nitrogens with one attached hydrogen (secondary N) is 1. The first kappa shape index (κ1) is 26.5. The lowest BCUT2D eigenvalue weighted by Crippen LogP contribution is -2.35. The van der Waals surface area contributed by atoms with Gasteiger partial charge in [0.25, 0.3) is 5.91 Å². The average molecular weight is 478 g/mol. The van der Waals surface area contributed by atoms with Crippen LogP contribution in [0.25, 0.3) is 0 Å². The summed E-state index contributed by atoms with van der Waals surface area (Å²) in [5, 5.41) is 0. The summed E-state index contributed by atoms with van der Waals surface area (Å²) < 4.78 is 0. The van der Waals surface area contributed by atoms with E-state index in [2.05, 4.69) is 33.7 Å². The zero-order valence-corrected chi connectivity index (χ0v) is 21.2. The van der Waals surface area contributed by atoms with Crippen LogP contribution in [0.5, 0.6) is 0 Å². The fourth-order valence-corrected chi connectivity index (χ4v) is 4.38. The second-order valence-electron chi connectivity index (χ2n) is 9.13. The van der Waals surface area contributed by atoms with Gasteiger partial charge in [0.2, 0.25) is 0 Å². The van der Waals surface area contributed by atoms with E-state index in [-0.39, 0.29) is 11.7 Å². The Morgan fingerprint density at radius 1 is 0.943 bits per heavy atom. The molecule has 1 aliphatic rings. The number of carbonyl (C=O) groups is 2. The van der Waals surface area contributed by atoms with Gasteiger partial charge in [-0.3, -0.25) is 14.6 Å². The van der Waals surface area contributed by atoms with E-state index in [1.807, 2.05) is 6.08 Å². The third-order valence-electron chi connectivity index (χ3n) is 6.18. The van der Waals surface area contributed by atoms with Crippen molar-refractivity contribution in [2.24, 2.45) is 4.99 Å². The molecule has 0 fully saturated rings. The quantitative estimate of drug-likeness (QED) is 0.264. The number of carbonyl (C=O) groups excluding carboxylic acids is 2. The number of Topliss-reactive ketones (excluding diaryl/α,β-unsaturated/α-hetero) is 1. The molecule has 7 nitrogen and oxygen atoms in total. The monoisotopic (exact) mass is 477 g/mol. The molecular formula is C28H39N5O2. The van der Waals surface area contributed by atoms with Crippen molar-refractivity contribution in [3.05, 3.63) is 65.9 Å². The topological polar surface area (TPSA) is 81.7 Å². The number of aromatic amines is 1. The number of rotatable bonds is 16. The molecule has 1 N–H and O–H groups in total. The van der Waals surface area contributed by atoms with Crippen LogP contribution in [0.4, 0.5) is 0 Å². The minimum absolute atomic E-state index is 0.0984. The summed E-state index contributed by atoms with van der Waals surface area (Å²) in [7, 11) is 0. The Morgan fingerprint density at radius 2 is 1.69 bits per heavy atom. The van der Waals surface area contributed by atoms with Crippen molar-refractivity contribution in [3.63, 3.8) is 0 Å². The maximum atomic E-state index is 13.3. The number of aromatic nitrogens is 2. The van der Waals surface area contributed by atoms with Gasteiger partial charge in [-0.1, -0.05) is 38.5 Å². The lowest BCUT2D eigenvalue weighted by molar-refractivity contribution is 0.0764. The Morgan fingerprint density at radius 3 is 2.31 bits per heavy atom. The van der Waals surface area contributed by atoms with Gasteiger partial charge in [0.05, 0.1) is 13.1 Å². The Balaban J connectivity index is 1.50. The smallest absolute Gasteiger partial charge is 0.254 e. The number of ketones is 1. The highest BCUT2D eigenvalue weighted by atomic mass is 16.2. The van der Waals surface area contributed by atoms with E-state index in [4.69, 9.17) is 0 Å². The highest BCUT2D eigenvalue weighted by Crippen LogP contribution is 2.14. The number of aliphatic imine (C=N–C) groups is 1. The normalized spacial score (nSPS) is 12.8. The molecule has 0 aliphatic carbocycles. The number of nitrogens with zero attached hydrogens (tertiary/aromatic N) is 4. The lowest BCUT2D eigenvalue weighted by atomic mass is 10.0. The zero-order chi connectivity index (χ0) is 24.9. The standard InChI is InChI=1S/C28H39N5O2/c1-3-18-32(19-4-2)20-7-5-6-10-26(34)23-11-13-24(14-12-23)28(35)33(21-25-9-8-15-29-25)22-27-30-16-17-31-27/h8,11-17H,3-7,9-10,18-22H2,1-2H3,(H,30,31). The summed E-state index contributed by atoms with van der Waals surface area (Å²) in [6.45, 7) is 8.69. The summed E-state index contributed by atoms with van der Waals surface area (Å²) in [6.07, 6.45) is 14.0. The minimum atomic E-state index is -0.0984. The Labute approximate surface area is 209 Å². The number of allylic oxidation sites excluding steroid dienone is 1. The molecule has 1 aromatic heterocycles. The number of benzene rings is 1. The van der Waals surface area contributed by atoms with Crippen molar-refractivity contribution >= 4 is 17.4 Å². The molecule has 0 unspecified atom stereocenters. The molecule has 1 aromatic carbocycles. The molecule has 1 amide bonds. The van der Waals surface area contributed by atoms with E-state index in [1.54, 1.807) is 47.8 Å². The molecule has 2 aromatic rings. The Hall–Kier alpha value is -3.06. The average Bonchev–Trinajstić information content (AvgIpc) is 3.58. The van der Waals surface area contributed by atoms with Crippen molar-refractivity contribution in [1.29, 1.82) is 0 Å². The van der Waals surface area contributed by atoms with Gasteiger partial charge in [-0.2, -0.15) is 0 Å². The number of imidazole rings is 1. The van der Waals surface area contributed by atoms with E-state index < -0.39 is 0 Å². The Bertz CT molecular complexity index is 973. The SMILES string of the molecule is CCCN(CCC)CCCCCC(=O)c1ccc(C(=O)N(CC2=NC=CC2)Cc2ncc[nH]2)cc1. The van der Waals surface area contributed by atoms with Crippen LogP contribution in [-0.2, 0) is 6.54 Å². The molecule has 188 valence electrons. The van der Waals surface area contributed by atoms with E-state index in [0.717, 1.165) is 56.9 Å². The first-order valence-corrected chi connectivity index (χ1v) is 12.9. The zero-order valence-electron chi connectivity index (χ0n) is 21.2. The van der Waals surface area contributed by atoms with Gasteiger partial charge in [0, 0.05) is 48.3 Å². The van der Waals surface area contributed by atoms with Gasteiger partial charge in [0.15, 0.2) is 5.78 Å². The minimum Gasteiger partial charge on any atom is -0.347 e. The first-order valence-electron chi connectivity index (χ1n) is 12.9. The van der Waals surface area contributed by atoms with E-state index in [9.17, 15) is 9.59 Å². The first-order chi connectivity index (χ1) is 17.1. The molecule has 35 heavy (non-hydrogen) atoms. The van der Waals surface area contributed by atoms with Crippen molar-refractivity contribution < 1.29 is 9.59 Å². The summed E-state index contributed by atoms with van der Waals surface area (Å²) in [5.41, 5.74) is 2.18. The molecule has 0 atom stereocenters. The molecule has 0 saturated carbocycles. The van der Waals surface area contributed by atoms with Crippen LogP contribution in [-0.4, -0.2) is 63.3 Å². The molecule has 2 heterocycles. The van der Waals surface area contributed by atoms with Crippen LogP contribution in [0.15, 0.2) is 53.9 Å². The molecule has 1 aliphatic heterocycles. The van der Waals surface area contributed by atoms with Crippen LogP contribution in [0.1, 0.15) is 85.3 Å². The number of hydrogen-bond donors (Lipinski definition) is 1. The summed E-state index contributed by atoms with van der Waals surface area (Å²) in [6, 6.07) is 7.07. The Kier molecular flexibility index (Phi) is 10.9. The molecule has 3 rings (SSSR count). The number of H-pyrrole nitrogens is 1. The fraction of sp³-hybridized carbons (Fsp3) is 0.500. The second kappa shape index (κ2) is 14.4. The van der Waals surface area contributed by atoms with Crippen LogP contribution >= 0.6 is 0 Å². The molecule has 7 heteroatoms. The van der Waals surface area contributed by atoms with E-state index in [0.29, 0.717) is 30.6 Å². The number of unbranched alkanes of at least 4 members (excludes halogenated alkanes) is 2. The van der Waals surface area contributed by atoms with E-state index in [1.165, 1.54) is 12.8 Å².